The van der Waals surface area contributed by atoms with Gasteiger partial charge in [-0.1, -0.05) is 44.5 Å². The van der Waals surface area contributed by atoms with Crippen LogP contribution in [0.4, 0.5) is 0 Å². The Morgan fingerprint density at radius 1 is 0.900 bits per heavy atom. The molecular formula is C10H12. The zero-order valence-corrected chi connectivity index (χ0v) is 6.14. The molecule has 0 rings (SSSR count). The Hall–Kier alpha value is -1.30. The first-order valence-electron chi connectivity index (χ1n) is 3.02. The predicted molar refractivity (Wildman–Crippen MR) is 47.8 cm³/mol. The Labute approximate surface area is 62.6 Å². The molecule has 0 aliphatic rings. The molecule has 52 valence electrons. The molecule has 0 fully saturated rings. The molecule has 0 unspecified atom stereocenters. The van der Waals surface area contributed by atoms with Crippen LogP contribution in [0.2, 0.25) is 0 Å². The van der Waals surface area contributed by atoms with Crippen molar-refractivity contribution in [1.29, 1.82) is 0 Å². The Morgan fingerprint density at radius 2 is 1.40 bits per heavy atom. The SMILES string of the molecule is C=CC(=C)C=C(C=C)C=C. The third-order valence-corrected chi connectivity index (χ3v) is 1.09. The summed E-state index contributed by atoms with van der Waals surface area (Å²) in [4.78, 5) is 0. The molecule has 0 heterocycles. The Bertz CT molecular complexity index is 182. The monoisotopic (exact) mass is 132 g/mol. The van der Waals surface area contributed by atoms with Gasteiger partial charge in [0, 0.05) is 0 Å². The molecular weight excluding hydrogens is 120 g/mol. The minimum absolute atomic E-state index is 0.870. The summed E-state index contributed by atoms with van der Waals surface area (Å²) in [5.74, 6) is 0. The van der Waals surface area contributed by atoms with Crippen molar-refractivity contribution in [3.8, 4) is 0 Å². The fourth-order valence-corrected chi connectivity index (χ4v) is 0.474. The van der Waals surface area contributed by atoms with Gasteiger partial charge < -0.3 is 0 Å². The van der Waals surface area contributed by atoms with Gasteiger partial charge in [-0.25, -0.2) is 0 Å². The lowest BCUT2D eigenvalue weighted by molar-refractivity contribution is 1.65. The van der Waals surface area contributed by atoms with Crippen molar-refractivity contribution in [3.63, 3.8) is 0 Å². The topological polar surface area (TPSA) is 0 Å². The summed E-state index contributed by atoms with van der Waals surface area (Å²) in [6.07, 6.45) is 7.00. The maximum Gasteiger partial charge on any atom is -0.0263 e. The fraction of sp³-hybridized carbons (Fsp3) is 0. The van der Waals surface area contributed by atoms with E-state index < -0.39 is 0 Å². The van der Waals surface area contributed by atoms with Gasteiger partial charge in [-0.3, -0.25) is 0 Å². The molecule has 0 saturated heterocycles. The molecule has 0 amide bonds. The lowest BCUT2D eigenvalue weighted by Gasteiger charge is -1.91. The van der Waals surface area contributed by atoms with Crippen molar-refractivity contribution in [2.45, 2.75) is 0 Å². The van der Waals surface area contributed by atoms with E-state index in [1.54, 1.807) is 18.2 Å². The molecule has 0 saturated carbocycles. The number of hydrogen-bond donors (Lipinski definition) is 0. The van der Waals surface area contributed by atoms with Crippen molar-refractivity contribution in [3.05, 3.63) is 61.8 Å². The molecule has 0 heteroatoms. The van der Waals surface area contributed by atoms with Crippen molar-refractivity contribution in [2.24, 2.45) is 0 Å². The third kappa shape index (κ3) is 2.88. The molecule has 0 nitrogen and oxygen atoms in total. The van der Waals surface area contributed by atoms with E-state index in [0.29, 0.717) is 0 Å². The Kier molecular flexibility index (Phi) is 3.97. The Balaban J connectivity index is 4.37. The van der Waals surface area contributed by atoms with E-state index in [2.05, 4.69) is 26.3 Å². The minimum Gasteiger partial charge on any atom is -0.0985 e. The van der Waals surface area contributed by atoms with Gasteiger partial charge >= 0.3 is 0 Å². The quantitative estimate of drug-likeness (QED) is 0.516. The molecule has 0 aromatic carbocycles. The molecule has 0 atom stereocenters. The highest BCUT2D eigenvalue weighted by Gasteiger charge is 1.82. The molecule has 0 N–H and O–H groups in total. The first-order valence-corrected chi connectivity index (χ1v) is 3.02. The van der Waals surface area contributed by atoms with E-state index in [4.69, 9.17) is 0 Å². The molecule has 0 spiro atoms. The number of hydrogen-bond acceptors (Lipinski definition) is 0. The summed E-state index contributed by atoms with van der Waals surface area (Å²) in [5.41, 5.74) is 1.83. The van der Waals surface area contributed by atoms with Gasteiger partial charge in [-0.2, -0.15) is 0 Å². The Morgan fingerprint density at radius 3 is 1.70 bits per heavy atom. The number of allylic oxidation sites excluding steroid dienone is 6. The summed E-state index contributed by atoms with van der Waals surface area (Å²) in [5, 5.41) is 0. The van der Waals surface area contributed by atoms with Crippen LogP contribution in [0.1, 0.15) is 0 Å². The predicted octanol–water partition coefficient (Wildman–Crippen LogP) is 3.03. The highest BCUT2D eigenvalue weighted by atomic mass is 13.9. The van der Waals surface area contributed by atoms with Gasteiger partial charge in [0.15, 0.2) is 0 Å². The standard InChI is InChI=1S/C10H12/c1-5-9(4)8-10(6-2)7-3/h5-8H,1-4H2. The van der Waals surface area contributed by atoms with Gasteiger partial charge in [0.25, 0.3) is 0 Å². The first kappa shape index (κ1) is 8.70. The van der Waals surface area contributed by atoms with Crippen molar-refractivity contribution >= 4 is 0 Å². The van der Waals surface area contributed by atoms with Crippen LogP contribution in [0.15, 0.2) is 61.8 Å². The molecule has 10 heavy (non-hydrogen) atoms. The molecule has 0 aromatic heterocycles. The maximum atomic E-state index is 3.72. The van der Waals surface area contributed by atoms with Crippen LogP contribution in [0.5, 0.6) is 0 Å². The second-order valence-electron chi connectivity index (χ2n) is 1.83. The van der Waals surface area contributed by atoms with Crippen LogP contribution in [-0.2, 0) is 0 Å². The van der Waals surface area contributed by atoms with Crippen molar-refractivity contribution in [1.82, 2.24) is 0 Å². The van der Waals surface area contributed by atoms with Crippen molar-refractivity contribution < 1.29 is 0 Å². The molecule has 0 aromatic rings. The molecule has 0 aliphatic heterocycles. The van der Waals surface area contributed by atoms with Gasteiger partial charge in [-0.15, -0.1) is 0 Å². The van der Waals surface area contributed by atoms with Crippen molar-refractivity contribution in [2.75, 3.05) is 0 Å². The van der Waals surface area contributed by atoms with E-state index >= 15 is 0 Å². The second-order valence-corrected chi connectivity index (χ2v) is 1.83. The first-order chi connectivity index (χ1) is 4.74. The highest BCUT2D eigenvalue weighted by molar-refractivity contribution is 5.38. The van der Waals surface area contributed by atoms with Crippen LogP contribution in [-0.4, -0.2) is 0 Å². The zero-order chi connectivity index (χ0) is 7.98. The second kappa shape index (κ2) is 4.57. The fourth-order valence-electron chi connectivity index (χ4n) is 0.474. The van der Waals surface area contributed by atoms with Gasteiger partial charge in [0.1, 0.15) is 0 Å². The lowest BCUT2D eigenvalue weighted by atomic mass is 10.2. The summed E-state index contributed by atoms with van der Waals surface area (Å²) < 4.78 is 0. The van der Waals surface area contributed by atoms with Gasteiger partial charge in [-0.05, 0) is 17.2 Å². The summed E-state index contributed by atoms with van der Waals surface area (Å²) in [7, 11) is 0. The minimum atomic E-state index is 0.870. The lowest BCUT2D eigenvalue weighted by Crippen LogP contribution is -1.71. The number of rotatable bonds is 4. The van der Waals surface area contributed by atoms with Gasteiger partial charge in [0.2, 0.25) is 0 Å². The largest absolute Gasteiger partial charge is 0.0985 e. The molecule has 0 radical (unpaired) electrons. The highest BCUT2D eigenvalue weighted by Crippen LogP contribution is 2.02. The van der Waals surface area contributed by atoms with E-state index in [1.165, 1.54) is 0 Å². The zero-order valence-electron chi connectivity index (χ0n) is 6.14. The van der Waals surface area contributed by atoms with Crippen LogP contribution in [0, 0.1) is 0 Å². The molecule has 0 aliphatic carbocycles. The van der Waals surface area contributed by atoms with E-state index in [0.717, 1.165) is 11.1 Å². The average molecular weight is 132 g/mol. The van der Waals surface area contributed by atoms with Crippen LogP contribution < -0.4 is 0 Å². The summed E-state index contributed by atoms with van der Waals surface area (Å²) in [6, 6.07) is 0. The van der Waals surface area contributed by atoms with E-state index in [1.807, 2.05) is 6.08 Å². The summed E-state index contributed by atoms with van der Waals surface area (Å²) >= 11 is 0. The third-order valence-electron chi connectivity index (χ3n) is 1.09. The van der Waals surface area contributed by atoms with E-state index in [9.17, 15) is 0 Å². The van der Waals surface area contributed by atoms with Gasteiger partial charge in [0.05, 0.1) is 0 Å². The average Bonchev–Trinajstić information content (AvgIpc) is 1.99. The summed E-state index contributed by atoms with van der Waals surface area (Å²) in [6.45, 7) is 14.5. The van der Waals surface area contributed by atoms with E-state index in [-0.39, 0.29) is 0 Å². The molecule has 0 bridgehead atoms. The van der Waals surface area contributed by atoms with Crippen LogP contribution >= 0.6 is 0 Å². The van der Waals surface area contributed by atoms with Crippen LogP contribution in [0.25, 0.3) is 0 Å². The van der Waals surface area contributed by atoms with Crippen LogP contribution in [0.3, 0.4) is 0 Å². The normalized spacial score (nSPS) is 7.60. The maximum absolute atomic E-state index is 3.72. The smallest absolute Gasteiger partial charge is 0.0263 e.